The van der Waals surface area contributed by atoms with E-state index in [1.54, 1.807) is 42.3 Å². The average molecular weight is 573 g/mol. The van der Waals surface area contributed by atoms with Crippen LogP contribution in [0, 0.1) is 6.92 Å². The lowest BCUT2D eigenvalue weighted by Gasteiger charge is -2.28. The monoisotopic (exact) mass is 572 g/mol. The first-order valence-corrected chi connectivity index (χ1v) is 14.4. The molecule has 1 N–H and O–H groups in total. The molecule has 4 rings (SSSR count). The van der Waals surface area contributed by atoms with Crippen LogP contribution in [0.4, 0.5) is 0 Å². The number of hydrogen-bond acceptors (Lipinski definition) is 7. The van der Waals surface area contributed by atoms with Gasteiger partial charge in [0.2, 0.25) is 0 Å². The van der Waals surface area contributed by atoms with Gasteiger partial charge in [-0.2, -0.15) is 0 Å². The zero-order chi connectivity index (χ0) is 30.2. The Morgan fingerprint density at radius 2 is 1.62 bits per heavy atom. The summed E-state index contributed by atoms with van der Waals surface area (Å²) >= 11 is 0. The minimum atomic E-state index is -0.801. The van der Waals surface area contributed by atoms with Crippen molar-refractivity contribution in [1.29, 1.82) is 0 Å². The summed E-state index contributed by atoms with van der Waals surface area (Å²) in [6.45, 7) is 11.3. The van der Waals surface area contributed by atoms with Crippen molar-refractivity contribution in [1.82, 2.24) is 9.80 Å². The van der Waals surface area contributed by atoms with Gasteiger partial charge < -0.3 is 29.1 Å². The van der Waals surface area contributed by atoms with Crippen molar-refractivity contribution in [3.63, 3.8) is 0 Å². The molecule has 0 saturated carbocycles. The third-order valence-corrected chi connectivity index (χ3v) is 7.58. The third-order valence-electron chi connectivity index (χ3n) is 7.58. The average Bonchev–Trinajstić information content (AvgIpc) is 3.26. The van der Waals surface area contributed by atoms with E-state index < -0.39 is 17.7 Å². The van der Waals surface area contributed by atoms with Crippen LogP contribution < -0.4 is 14.2 Å². The third kappa shape index (κ3) is 6.60. The molecule has 8 heteroatoms. The molecule has 0 radical (unpaired) electrons. The van der Waals surface area contributed by atoms with Crippen molar-refractivity contribution >= 4 is 17.4 Å². The van der Waals surface area contributed by atoms with E-state index in [0.717, 1.165) is 24.2 Å². The number of rotatable bonds is 13. The van der Waals surface area contributed by atoms with Gasteiger partial charge in [0.15, 0.2) is 11.5 Å². The Kier molecular flexibility index (Phi) is 10.3. The maximum atomic E-state index is 13.5. The number of aryl methyl sites for hydroxylation is 1. The number of aliphatic hydroxyl groups excluding tert-OH is 1. The number of likely N-dealkylation sites (tertiary alicyclic amines) is 1. The predicted octanol–water partition coefficient (Wildman–Crippen LogP) is 5.74. The van der Waals surface area contributed by atoms with Gasteiger partial charge in [0, 0.05) is 18.7 Å². The molecular formula is C34H40N2O6. The van der Waals surface area contributed by atoms with E-state index in [2.05, 4.69) is 18.7 Å². The first-order chi connectivity index (χ1) is 20.3. The largest absolute Gasteiger partial charge is 0.507 e. The number of ketones is 1. The Morgan fingerprint density at radius 3 is 2.26 bits per heavy atom. The Balaban J connectivity index is 1.76. The first kappa shape index (κ1) is 30.7. The predicted molar refractivity (Wildman–Crippen MR) is 163 cm³/mol. The number of carbonyl (C=O) groups is 2. The summed E-state index contributed by atoms with van der Waals surface area (Å²) in [6, 6.07) is 19.6. The van der Waals surface area contributed by atoms with Gasteiger partial charge in [0.1, 0.15) is 18.1 Å². The summed E-state index contributed by atoms with van der Waals surface area (Å²) in [6.07, 6.45) is 0. The zero-order valence-electron chi connectivity index (χ0n) is 25.1. The van der Waals surface area contributed by atoms with Gasteiger partial charge in [-0.15, -0.1) is 0 Å². The summed E-state index contributed by atoms with van der Waals surface area (Å²) in [7, 11) is 1.55. The lowest BCUT2D eigenvalue weighted by atomic mass is 9.94. The zero-order valence-corrected chi connectivity index (χ0v) is 25.1. The van der Waals surface area contributed by atoms with E-state index >= 15 is 0 Å². The number of benzene rings is 3. The number of Topliss-reactive ketones (excluding diaryl/α,β-unsaturated/α-hetero) is 1. The van der Waals surface area contributed by atoms with Gasteiger partial charge >= 0.3 is 0 Å². The van der Waals surface area contributed by atoms with Gasteiger partial charge in [0.05, 0.1) is 25.3 Å². The maximum absolute atomic E-state index is 13.5. The molecule has 42 heavy (non-hydrogen) atoms. The maximum Gasteiger partial charge on any atom is 0.295 e. The standard InChI is InChI=1S/C34H40N2O6/c1-6-35(7-2)18-19-36-31(25-14-17-28(29(21-25)40-5)42-22-24-12-10-9-11-13-24)30(33(38)34(36)39)32(37)26-15-16-27(41-8-3)23(4)20-26/h9-17,20-21,31,37H,6-8,18-19,22H2,1-5H3. The molecule has 3 aromatic rings. The van der Waals surface area contributed by atoms with Crippen LogP contribution in [-0.2, 0) is 16.2 Å². The first-order valence-electron chi connectivity index (χ1n) is 14.4. The fraction of sp³-hybridized carbons (Fsp3) is 0.353. The highest BCUT2D eigenvalue weighted by Crippen LogP contribution is 2.42. The topological polar surface area (TPSA) is 88.5 Å². The lowest BCUT2D eigenvalue weighted by Crippen LogP contribution is -2.38. The van der Waals surface area contributed by atoms with E-state index in [1.807, 2.05) is 50.2 Å². The quantitative estimate of drug-likeness (QED) is 0.159. The van der Waals surface area contributed by atoms with Gasteiger partial charge in [0.25, 0.3) is 11.7 Å². The number of nitrogens with zero attached hydrogens (tertiary/aromatic N) is 2. The highest BCUT2D eigenvalue weighted by atomic mass is 16.5. The molecule has 1 atom stereocenters. The van der Waals surface area contributed by atoms with Crippen LogP contribution in [-0.4, -0.2) is 66.5 Å². The van der Waals surface area contributed by atoms with Crippen molar-refractivity contribution in [2.75, 3.05) is 39.9 Å². The highest BCUT2D eigenvalue weighted by Gasteiger charge is 2.46. The number of hydrogen-bond donors (Lipinski definition) is 1. The molecule has 0 aliphatic carbocycles. The van der Waals surface area contributed by atoms with Crippen molar-refractivity contribution in [2.24, 2.45) is 0 Å². The molecule has 0 spiro atoms. The minimum Gasteiger partial charge on any atom is -0.507 e. The summed E-state index contributed by atoms with van der Waals surface area (Å²) in [5.41, 5.74) is 2.95. The van der Waals surface area contributed by atoms with E-state index in [-0.39, 0.29) is 11.3 Å². The second kappa shape index (κ2) is 14.0. The van der Waals surface area contributed by atoms with E-state index in [9.17, 15) is 14.7 Å². The fourth-order valence-corrected chi connectivity index (χ4v) is 5.22. The summed E-state index contributed by atoms with van der Waals surface area (Å²) in [5.74, 6) is 0.119. The summed E-state index contributed by atoms with van der Waals surface area (Å²) < 4.78 is 17.4. The Morgan fingerprint density at radius 1 is 0.905 bits per heavy atom. The molecule has 1 heterocycles. The van der Waals surface area contributed by atoms with Crippen LogP contribution in [0.25, 0.3) is 5.76 Å². The van der Waals surface area contributed by atoms with Gasteiger partial charge in [-0.05, 0) is 74.0 Å². The van der Waals surface area contributed by atoms with Crippen LogP contribution >= 0.6 is 0 Å². The van der Waals surface area contributed by atoms with E-state index in [1.165, 1.54) is 0 Å². The highest BCUT2D eigenvalue weighted by molar-refractivity contribution is 6.46. The molecule has 222 valence electrons. The molecule has 1 aliphatic rings. The Hall–Kier alpha value is -4.30. The number of carbonyl (C=O) groups excluding carboxylic acids is 2. The van der Waals surface area contributed by atoms with Gasteiger partial charge in [-0.25, -0.2) is 0 Å². The van der Waals surface area contributed by atoms with Crippen molar-refractivity contribution in [3.05, 3.63) is 94.6 Å². The molecule has 1 amide bonds. The molecule has 3 aromatic carbocycles. The molecule has 0 bridgehead atoms. The number of methoxy groups -OCH3 is 1. The SMILES string of the molecule is CCOc1ccc(C(O)=C2C(=O)C(=O)N(CCN(CC)CC)C2c2ccc(OCc3ccccc3)c(OC)c2)cc1C. The molecule has 0 aromatic heterocycles. The van der Waals surface area contributed by atoms with Crippen molar-refractivity contribution in [3.8, 4) is 17.2 Å². The van der Waals surface area contributed by atoms with Gasteiger partial charge in [-0.3, -0.25) is 9.59 Å². The Bertz CT molecular complexity index is 1430. The normalized spacial score (nSPS) is 16.2. The number of likely N-dealkylation sites (N-methyl/N-ethyl adjacent to an activating group) is 1. The van der Waals surface area contributed by atoms with Crippen LogP contribution in [0.5, 0.6) is 17.2 Å². The summed E-state index contributed by atoms with van der Waals surface area (Å²) in [4.78, 5) is 30.7. The molecular weight excluding hydrogens is 532 g/mol. The fourth-order valence-electron chi connectivity index (χ4n) is 5.22. The molecule has 1 aliphatic heterocycles. The van der Waals surface area contributed by atoms with Crippen molar-refractivity contribution in [2.45, 2.75) is 40.3 Å². The number of aliphatic hydroxyl groups is 1. The number of ether oxygens (including phenoxy) is 3. The van der Waals surface area contributed by atoms with Gasteiger partial charge in [-0.1, -0.05) is 50.2 Å². The molecule has 1 fully saturated rings. The van der Waals surface area contributed by atoms with Crippen LogP contribution in [0.15, 0.2) is 72.3 Å². The molecule has 8 nitrogen and oxygen atoms in total. The van der Waals surface area contributed by atoms with E-state index in [0.29, 0.717) is 54.7 Å². The van der Waals surface area contributed by atoms with Crippen LogP contribution in [0.1, 0.15) is 49.1 Å². The Labute approximate surface area is 248 Å². The van der Waals surface area contributed by atoms with E-state index in [4.69, 9.17) is 14.2 Å². The summed E-state index contributed by atoms with van der Waals surface area (Å²) in [5, 5.41) is 11.5. The van der Waals surface area contributed by atoms with Crippen LogP contribution in [0.3, 0.4) is 0 Å². The van der Waals surface area contributed by atoms with Crippen molar-refractivity contribution < 1.29 is 28.9 Å². The minimum absolute atomic E-state index is 0.0445. The number of amides is 1. The lowest BCUT2D eigenvalue weighted by molar-refractivity contribution is -0.140. The van der Waals surface area contributed by atoms with Crippen LogP contribution in [0.2, 0.25) is 0 Å². The second-order valence-electron chi connectivity index (χ2n) is 10.1. The molecule has 1 saturated heterocycles. The smallest absolute Gasteiger partial charge is 0.295 e. The second-order valence-corrected chi connectivity index (χ2v) is 10.1. The molecule has 1 unspecified atom stereocenters.